The molecule has 3 aromatic rings. The normalized spacial score (nSPS) is 11.7. The number of hydrazone groups is 1. The number of hydrogen-bond donors (Lipinski definition) is 1. The third-order valence-corrected chi connectivity index (χ3v) is 6.72. The minimum Gasteiger partial charge on any atom is -0.271 e. The molecule has 0 atom stereocenters. The number of carbonyl (C=O) groups is 1. The van der Waals surface area contributed by atoms with E-state index < -0.39 is 27.4 Å². The highest BCUT2D eigenvalue weighted by Gasteiger charge is 2.27. The van der Waals surface area contributed by atoms with Crippen LogP contribution in [0.5, 0.6) is 0 Å². The lowest BCUT2D eigenvalue weighted by Crippen LogP contribution is -2.39. The summed E-state index contributed by atoms with van der Waals surface area (Å²) in [7, 11) is -4.04. The second-order valence-electron chi connectivity index (χ2n) is 7.71. The zero-order valence-corrected chi connectivity index (χ0v) is 19.7. The lowest BCUT2D eigenvalue weighted by Gasteiger charge is -2.24. The third-order valence-electron chi connectivity index (χ3n) is 4.94. The molecule has 0 saturated heterocycles. The molecule has 3 aromatic carbocycles. The molecule has 0 radical (unpaired) electrons. The number of carbonyl (C=O) groups excluding carboxylic acids is 1. The number of nitro benzene ring substituents is 1. The van der Waals surface area contributed by atoms with Crippen LogP contribution in [0.2, 0.25) is 0 Å². The van der Waals surface area contributed by atoms with Crippen LogP contribution < -0.4 is 9.73 Å². The highest BCUT2D eigenvalue weighted by Crippen LogP contribution is 2.25. The summed E-state index contributed by atoms with van der Waals surface area (Å²) in [6, 6.07) is 19.0. The van der Waals surface area contributed by atoms with E-state index in [4.69, 9.17) is 0 Å². The van der Waals surface area contributed by atoms with Gasteiger partial charge in [-0.25, -0.2) is 13.8 Å². The van der Waals surface area contributed by atoms with Crippen LogP contribution in [-0.2, 0) is 14.8 Å². The van der Waals surface area contributed by atoms with Gasteiger partial charge in [-0.1, -0.05) is 36.4 Å². The Kier molecular flexibility index (Phi) is 7.42. The maximum absolute atomic E-state index is 13.4. The van der Waals surface area contributed by atoms with Gasteiger partial charge in [0, 0.05) is 17.7 Å². The summed E-state index contributed by atoms with van der Waals surface area (Å²) < 4.78 is 27.8. The number of benzene rings is 3. The average Bonchev–Trinajstić information content (AvgIpc) is 2.80. The van der Waals surface area contributed by atoms with E-state index in [2.05, 4.69) is 10.5 Å². The molecule has 9 nitrogen and oxygen atoms in total. The largest absolute Gasteiger partial charge is 0.271 e. The van der Waals surface area contributed by atoms with Crippen LogP contribution in [-0.4, -0.2) is 31.5 Å². The summed E-state index contributed by atoms with van der Waals surface area (Å²) in [5, 5.41) is 15.0. The van der Waals surface area contributed by atoms with Gasteiger partial charge < -0.3 is 0 Å². The maximum Gasteiger partial charge on any atom is 0.270 e. The zero-order chi connectivity index (χ0) is 24.9. The first kappa shape index (κ1) is 24.6. The van der Waals surface area contributed by atoms with Gasteiger partial charge in [-0.3, -0.25) is 19.2 Å². The van der Waals surface area contributed by atoms with Crippen LogP contribution in [0.25, 0.3) is 0 Å². The van der Waals surface area contributed by atoms with Gasteiger partial charge in [0.05, 0.1) is 21.2 Å². The molecule has 0 unspecified atom stereocenters. The van der Waals surface area contributed by atoms with Crippen molar-refractivity contribution in [3.8, 4) is 0 Å². The summed E-state index contributed by atoms with van der Waals surface area (Å²) in [5.41, 5.74) is 5.10. The van der Waals surface area contributed by atoms with Gasteiger partial charge >= 0.3 is 0 Å². The van der Waals surface area contributed by atoms with E-state index in [1.807, 2.05) is 19.9 Å². The van der Waals surface area contributed by atoms with Gasteiger partial charge in [0.15, 0.2) is 0 Å². The highest BCUT2D eigenvalue weighted by molar-refractivity contribution is 7.92. The van der Waals surface area contributed by atoms with Crippen molar-refractivity contribution in [1.82, 2.24) is 5.43 Å². The first-order chi connectivity index (χ1) is 16.1. The van der Waals surface area contributed by atoms with Gasteiger partial charge in [0.2, 0.25) is 0 Å². The number of hydrogen-bond acceptors (Lipinski definition) is 6. The number of non-ortho nitro benzene ring substituents is 1. The first-order valence-corrected chi connectivity index (χ1v) is 11.8. The van der Waals surface area contributed by atoms with Crippen molar-refractivity contribution in [2.45, 2.75) is 25.7 Å². The molecule has 0 aliphatic carbocycles. The van der Waals surface area contributed by atoms with Crippen molar-refractivity contribution >= 4 is 33.0 Å². The minimum absolute atomic E-state index is 0.0539. The quantitative estimate of drug-likeness (QED) is 0.297. The Morgan fingerprint density at radius 3 is 2.26 bits per heavy atom. The molecule has 0 saturated carbocycles. The first-order valence-electron chi connectivity index (χ1n) is 10.3. The second-order valence-corrected chi connectivity index (χ2v) is 9.57. The molecule has 1 amide bonds. The van der Waals surface area contributed by atoms with Crippen molar-refractivity contribution in [2.24, 2.45) is 5.10 Å². The van der Waals surface area contributed by atoms with Gasteiger partial charge in [-0.2, -0.15) is 5.10 Å². The number of amides is 1. The van der Waals surface area contributed by atoms with Gasteiger partial charge in [0.1, 0.15) is 6.54 Å². The van der Waals surface area contributed by atoms with E-state index in [0.717, 1.165) is 15.4 Å². The number of anilines is 1. The van der Waals surface area contributed by atoms with Crippen LogP contribution in [0.15, 0.2) is 82.8 Å². The SMILES string of the molecule is C/C(=N/NC(=O)CN(c1cc(C)cc(C)c1)S(=O)(=O)c1ccccc1)c1cccc([N+](=O)[O-])c1. The van der Waals surface area contributed by atoms with Crippen molar-refractivity contribution in [1.29, 1.82) is 0 Å². The third kappa shape index (κ3) is 5.84. The molecular formula is C24H24N4O5S. The smallest absolute Gasteiger partial charge is 0.270 e. The lowest BCUT2D eigenvalue weighted by atomic mass is 10.1. The Labute approximate surface area is 197 Å². The topological polar surface area (TPSA) is 122 Å². The summed E-state index contributed by atoms with van der Waals surface area (Å²) in [4.78, 5) is 23.3. The van der Waals surface area contributed by atoms with E-state index in [1.54, 1.807) is 43.3 Å². The zero-order valence-electron chi connectivity index (χ0n) is 18.9. The van der Waals surface area contributed by atoms with E-state index in [1.165, 1.54) is 30.3 Å². The number of nitro groups is 1. The Morgan fingerprint density at radius 2 is 1.65 bits per heavy atom. The summed E-state index contributed by atoms with van der Waals surface area (Å²) >= 11 is 0. The Balaban J connectivity index is 1.89. The molecule has 176 valence electrons. The highest BCUT2D eigenvalue weighted by atomic mass is 32.2. The molecule has 0 aliphatic rings. The summed E-state index contributed by atoms with van der Waals surface area (Å²) in [5.74, 6) is -0.663. The summed E-state index contributed by atoms with van der Waals surface area (Å²) in [6.07, 6.45) is 0. The number of sulfonamides is 1. The molecule has 0 bridgehead atoms. The molecule has 0 heterocycles. The van der Waals surface area contributed by atoms with Crippen molar-refractivity contribution in [2.75, 3.05) is 10.8 Å². The Morgan fingerprint density at radius 1 is 1.00 bits per heavy atom. The molecule has 10 heteroatoms. The molecule has 34 heavy (non-hydrogen) atoms. The van der Waals surface area contributed by atoms with Crippen LogP contribution in [0, 0.1) is 24.0 Å². The molecule has 0 fully saturated rings. The van der Waals surface area contributed by atoms with Crippen molar-refractivity contribution < 1.29 is 18.1 Å². The van der Waals surface area contributed by atoms with Gasteiger partial charge in [-0.15, -0.1) is 0 Å². The van der Waals surface area contributed by atoms with Crippen molar-refractivity contribution in [3.05, 3.63) is 99.6 Å². The molecule has 0 aliphatic heterocycles. The predicted molar refractivity (Wildman–Crippen MR) is 130 cm³/mol. The molecular weight excluding hydrogens is 456 g/mol. The van der Waals surface area contributed by atoms with E-state index in [9.17, 15) is 23.3 Å². The predicted octanol–water partition coefficient (Wildman–Crippen LogP) is 3.95. The number of nitrogens with one attached hydrogen (secondary N) is 1. The molecule has 1 N–H and O–H groups in total. The van der Waals surface area contributed by atoms with Crippen LogP contribution >= 0.6 is 0 Å². The molecule has 0 spiro atoms. The lowest BCUT2D eigenvalue weighted by molar-refractivity contribution is -0.384. The maximum atomic E-state index is 13.4. The van der Waals surface area contributed by atoms with E-state index >= 15 is 0 Å². The fraction of sp³-hybridized carbons (Fsp3) is 0.167. The Bertz CT molecular complexity index is 1330. The molecule has 3 rings (SSSR count). The number of nitrogens with zero attached hydrogens (tertiary/aromatic N) is 3. The standard InChI is InChI=1S/C24H24N4O5S/c1-17-12-18(2)14-22(13-17)27(34(32,33)23-10-5-4-6-11-23)16-24(29)26-25-19(3)20-8-7-9-21(15-20)28(30)31/h4-15H,16H2,1-3H3,(H,26,29)/b25-19-. The minimum atomic E-state index is -4.04. The Hall–Kier alpha value is -4.05. The van der Waals surface area contributed by atoms with Crippen LogP contribution in [0.4, 0.5) is 11.4 Å². The average molecular weight is 481 g/mol. The molecule has 0 aromatic heterocycles. The van der Waals surface area contributed by atoms with Gasteiger partial charge in [-0.05, 0) is 56.2 Å². The fourth-order valence-corrected chi connectivity index (χ4v) is 4.78. The fourth-order valence-electron chi connectivity index (χ4n) is 3.35. The van der Waals surface area contributed by atoms with Crippen LogP contribution in [0.1, 0.15) is 23.6 Å². The monoisotopic (exact) mass is 480 g/mol. The van der Waals surface area contributed by atoms with E-state index in [-0.39, 0.29) is 10.6 Å². The van der Waals surface area contributed by atoms with Gasteiger partial charge in [0.25, 0.3) is 21.6 Å². The summed E-state index contributed by atoms with van der Waals surface area (Å²) in [6.45, 7) is 4.76. The van der Waals surface area contributed by atoms with E-state index in [0.29, 0.717) is 17.0 Å². The second kappa shape index (κ2) is 10.3. The van der Waals surface area contributed by atoms with Crippen LogP contribution in [0.3, 0.4) is 0 Å². The van der Waals surface area contributed by atoms with Crippen molar-refractivity contribution in [3.63, 3.8) is 0 Å². The number of aryl methyl sites for hydroxylation is 2. The number of rotatable bonds is 8.